The first-order valence-electron chi connectivity index (χ1n) is 7.23. The molecule has 1 aliphatic heterocycles. The molecule has 1 saturated heterocycles. The van der Waals surface area contributed by atoms with Crippen molar-refractivity contribution in [3.63, 3.8) is 0 Å². The lowest BCUT2D eigenvalue weighted by molar-refractivity contribution is 0.276. The van der Waals surface area contributed by atoms with E-state index >= 15 is 0 Å². The van der Waals surface area contributed by atoms with E-state index < -0.39 is 0 Å². The molecule has 110 valence electrons. The van der Waals surface area contributed by atoms with Crippen molar-refractivity contribution in [2.45, 2.75) is 6.61 Å². The lowest BCUT2D eigenvalue weighted by atomic mass is 10.1. The third-order valence-corrected chi connectivity index (χ3v) is 3.99. The summed E-state index contributed by atoms with van der Waals surface area (Å²) < 4.78 is 13.7. The molecule has 0 saturated carbocycles. The van der Waals surface area contributed by atoms with Crippen LogP contribution in [0.3, 0.4) is 0 Å². The number of para-hydroxylation sites is 1. The maximum Gasteiger partial charge on any atom is 0.130 e. The van der Waals surface area contributed by atoms with Crippen LogP contribution in [-0.2, 0) is 6.61 Å². The molecule has 2 aromatic rings. The monoisotopic (exact) mass is 286 g/mol. The number of anilines is 2. The molecule has 21 heavy (non-hydrogen) atoms. The molecular weight excluding hydrogens is 267 g/mol. The summed E-state index contributed by atoms with van der Waals surface area (Å²) in [6, 6.07) is 15.3. The predicted molar refractivity (Wildman–Crippen MR) is 83.2 cm³/mol. The third-order valence-electron chi connectivity index (χ3n) is 3.99. The Kier molecular flexibility index (Phi) is 4.06. The summed E-state index contributed by atoms with van der Waals surface area (Å²) in [7, 11) is 0. The summed E-state index contributed by atoms with van der Waals surface area (Å²) in [6.45, 7) is 3.17. The first kappa shape index (κ1) is 13.9. The molecule has 1 aliphatic rings. The van der Waals surface area contributed by atoms with Gasteiger partial charge < -0.3 is 14.9 Å². The Hall–Kier alpha value is -2.07. The van der Waals surface area contributed by atoms with Crippen molar-refractivity contribution in [2.24, 2.45) is 0 Å². The van der Waals surface area contributed by atoms with E-state index in [1.807, 2.05) is 24.3 Å². The van der Waals surface area contributed by atoms with Crippen LogP contribution in [0.4, 0.5) is 15.8 Å². The van der Waals surface area contributed by atoms with E-state index in [9.17, 15) is 9.50 Å². The van der Waals surface area contributed by atoms with Gasteiger partial charge >= 0.3 is 0 Å². The number of hydrogen-bond donors (Lipinski definition) is 1. The van der Waals surface area contributed by atoms with Crippen LogP contribution in [0, 0.1) is 5.82 Å². The quantitative estimate of drug-likeness (QED) is 0.939. The van der Waals surface area contributed by atoms with Gasteiger partial charge in [0, 0.05) is 43.1 Å². The zero-order chi connectivity index (χ0) is 14.7. The Balaban J connectivity index is 1.73. The smallest absolute Gasteiger partial charge is 0.130 e. The van der Waals surface area contributed by atoms with Gasteiger partial charge in [0.15, 0.2) is 0 Å². The van der Waals surface area contributed by atoms with Crippen molar-refractivity contribution in [3.8, 4) is 0 Å². The molecule has 0 aliphatic carbocycles. The molecule has 0 amide bonds. The topological polar surface area (TPSA) is 26.7 Å². The molecule has 0 radical (unpaired) electrons. The molecule has 1 fully saturated rings. The van der Waals surface area contributed by atoms with Crippen LogP contribution in [0.1, 0.15) is 5.56 Å². The Labute approximate surface area is 124 Å². The lowest BCUT2D eigenvalue weighted by Gasteiger charge is -2.38. The van der Waals surface area contributed by atoms with Crippen molar-refractivity contribution in [3.05, 3.63) is 59.9 Å². The van der Waals surface area contributed by atoms with Gasteiger partial charge in [-0.2, -0.15) is 0 Å². The molecule has 0 spiro atoms. The maximum absolute atomic E-state index is 13.7. The zero-order valence-corrected chi connectivity index (χ0v) is 11.9. The fraction of sp³-hybridized carbons (Fsp3) is 0.294. The Morgan fingerprint density at radius 3 is 2.19 bits per heavy atom. The number of rotatable bonds is 3. The van der Waals surface area contributed by atoms with E-state index in [4.69, 9.17) is 0 Å². The Bertz CT molecular complexity index is 595. The van der Waals surface area contributed by atoms with Gasteiger partial charge in [-0.15, -0.1) is 0 Å². The Morgan fingerprint density at radius 2 is 1.52 bits per heavy atom. The highest BCUT2D eigenvalue weighted by Crippen LogP contribution is 2.25. The molecular formula is C17H19FN2O. The van der Waals surface area contributed by atoms with Crippen LogP contribution in [0.2, 0.25) is 0 Å². The average molecular weight is 286 g/mol. The minimum Gasteiger partial charge on any atom is -0.391 e. The van der Waals surface area contributed by atoms with Gasteiger partial charge in [-0.25, -0.2) is 4.39 Å². The van der Waals surface area contributed by atoms with Gasteiger partial charge in [-0.3, -0.25) is 0 Å². The van der Waals surface area contributed by atoms with Gasteiger partial charge in [0.1, 0.15) is 5.82 Å². The van der Waals surface area contributed by atoms with Crippen LogP contribution < -0.4 is 9.80 Å². The van der Waals surface area contributed by atoms with Crippen LogP contribution in [0.15, 0.2) is 48.5 Å². The van der Waals surface area contributed by atoms with Crippen LogP contribution >= 0.6 is 0 Å². The molecule has 0 atom stereocenters. The first-order chi connectivity index (χ1) is 10.3. The maximum atomic E-state index is 13.7. The summed E-state index contributed by atoms with van der Waals surface area (Å²) in [6.07, 6.45) is 0. The molecule has 0 unspecified atom stereocenters. The van der Waals surface area contributed by atoms with E-state index in [0.717, 1.165) is 31.9 Å². The van der Waals surface area contributed by atoms with E-state index in [1.54, 1.807) is 6.07 Å². The molecule has 3 nitrogen and oxygen atoms in total. The fourth-order valence-electron chi connectivity index (χ4n) is 2.84. The van der Waals surface area contributed by atoms with E-state index in [0.29, 0.717) is 5.56 Å². The van der Waals surface area contributed by atoms with Gasteiger partial charge in [0.05, 0.1) is 6.61 Å². The average Bonchev–Trinajstić information content (AvgIpc) is 2.55. The highest BCUT2D eigenvalue weighted by Gasteiger charge is 2.20. The molecule has 0 aromatic heterocycles. The number of aliphatic hydroxyl groups is 1. The second kappa shape index (κ2) is 6.14. The summed E-state index contributed by atoms with van der Waals surface area (Å²) in [5, 5.41) is 9.38. The molecule has 4 heteroatoms. The number of halogens is 1. The Morgan fingerprint density at radius 1 is 0.857 bits per heavy atom. The van der Waals surface area contributed by atoms with E-state index in [-0.39, 0.29) is 12.4 Å². The predicted octanol–water partition coefficient (Wildman–Crippen LogP) is 2.64. The normalized spacial score (nSPS) is 15.3. The second-order valence-corrected chi connectivity index (χ2v) is 5.21. The summed E-state index contributed by atoms with van der Waals surface area (Å²) in [4.78, 5) is 4.47. The summed E-state index contributed by atoms with van der Waals surface area (Å²) >= 11 is 0. The van der Waals surface area contributed by atoms with Gasteiger partial charge in [-0.1, -0.05) is 24.3 Å². The van der Waals surface area contributed by atoms with Crippen molar-refractivity contribution < 1.29 is 9.50 Å². The van der Waals surface area contributed by atoms with Crippen LogP contribution in [-0.4, -0.2) is 31.3 Å². The molecule has 3 rings (SSSR count). The van der Waals surface area contributed by atoms with Crippen LogP contribution in [0.25, 0.3) is 0 Å². The van der Waals surface area contributed by atoms with Crippen LogP contribution in [0.5, 0.6) is 0 Å². The van der Waals surface area contributed by atoms with Crippen molar-refractivity contribution >= 4 is 11.4 Å². The van der Waals surface area contributed by atoms with Crippen molar-refractivity contribution in [1.29, 1.82) is 0 Å². The third kappa shape index (κ3) is 2.85. The highest BCUT2D eigenvalue weighted by molar-refractivity contribution is 5.56. The standard InChI is InChI=1S/C17H19FN2O/c18-16-7-4-8-17(15(16)13-21)20-11-9-19(10-12-20)14-5-2-1-3-6-14/h1-8,21H,9-13H2. The number of hydrogen-bond acceptors (Lipinski definition) is 3. The lowest BCUT2D eigenvalue weighted by Crippen LogP contribution is -2.46. The molecule has 0 bridgehead atoms. The first-order valence-corrected chi connectivity index (χ1v) is 7.23. The van der Waals surface area contributed by atoms with Gasteiger partial charge in [-0.05, 0) is 24.3 Å². The largest absolute Gasteiger partial charge is 0.391 e. The second-order valence-electron chi connectivity index (χ2n) is 5.21. The summed E-state index contributed by atoms with van der Waals surface area (Å²) in [5.74, 6) is -0.333. The van der Waals surface area contributed by atoms with Gasteiger partial charge in [0.2, 0.25) is 0 Å². The summed E-state index contributed by atoms with van der Waals surface area (Å²) in [5.41, 5.74) is 2.43. The fourth-order valence-corrected chi connectivity index (χ4v) is 2.84. The number of aliphatic hydroxyl groups excluding tert-OH is 1. The van der Waals surface area contributed by atoms with Crippen molar-refractivity contribution in [1.82, 2.24) is 0 Å². The number of piperazine rings is 1. The minimum absolute atomic E-state index is 0.263. The van der Waals surface area contributed by atoms with E-state index in [1.165, 1.54) is 11.8 Å². The minimum atomic E-state index is -0.333. The zero-order valence-electron chi connectivity index (χ0n) is 11.9. The van der Waals surface area contributed by atoms with Crippen molar-refractivity contribution in [2.75, 3.05) is 36.0 Å². The highest BCUT2D eigenvalue weighted by atomic mass is 19.1. The van der Waals surface area contributed by atoms with Gasteiger partial charge in [0.25, 0.3) is 0 Å². The number of nitrogens with zero attached hydrogens (tertiary/aromatic N) is 2. The van der Waals surface area contributed by atoms with E-state index in [2.05, 4.69) is 21.9 Å². The molecule has 2 aromatic carbocycles. The molecule has 1 heterocycles. The SMILES string of the molecule is OCc1c(F)cccc1N1CCN(c2ccccc2)CC1. The number of benzene rings is 2. The molecule has 1 N–H and O–H groups in total.